The van der Waals surface area contributed by atoms with Crippen molar-refractivity contribution in [1.29, 1.82) is 0 Å². The van der Waals surface area contributed by atoms with Crippen molar-refractivity contribution < 1.29 is 10.2 Å². The van der Waals surface area contributed by atoms with E-state index >= 15 is 0 Å². The molecule has 0 unspecified atom stereocenters. The van der Waals surface area contributed by atoms with Gasteiger partial charge in [-0.05, 0) is 49.9 Å². The van der Waals surface area contributed by atoms with E-state index in [2.05, 4.69) is 36.5 Å². The predicted octanol–water partition coefficient (Wildman–Crippen LogP) is 3.43. The maximum Gasteiger partial charge on any atom is 0.115 e. The van der Waals surface area contributed by atoms with Gasteiger partial charge in [0.25, 0.3) is 0 Å². The van der Waals surface area contributed by atoms with E-state index in [4.69, 9.17) is 0 Å². The van der Waals surface area contributed by atoms with Gasteiger partial charge < -0.3 is 15.5 Å². The fraction of sp³-hybridized carbons (Fsp3) is 0.368. The van der Waals surface area contributed by atoms with E-state index in [1.165, 1.54) is 5.56 Å². The van der Waals surface area contributed by atoms with Crippen LogP contribution in [0.1, 0.15) is 37.5 Å². The Balaban J connectivity index is 1.82. The number of aliphatic hydroxyl groups is 1. The lowest BCUT2D eigenvalue weighted by Crippen LogP contribution is -2.38. The standard InChI is InChI=1S/C19H25NO2/c1-14(8-9-16-6-4-3-5-7-16)20-15(2)19(22)17-10-12-18(21)13-11-17/h3-7,10-15,19-22H,8-9H2,1-2H3/t14-,15+,19+/m0/s1. The van der Waals surface area contributed by atoms with Crippen LogP contribution < -0.4 is 5.32 Å². The second-order valence-corrected chi connectivity index (χ2v) is 5.92. The minimum Gasteiger partial charge on any atom is -0.508 e. The summed E-state index contributed by atoms with van der Waals surface area (Å²) >= 11 is 0. The Kier molecular flexibility index (Phi) is 5.99. The topological polar surface area (TPSA) is 52.5 Å². The smallest absolute Gasteiger partial charge is 0.115 e. The highest BCUT2D eigenvalue weighted by molar-refractivity contribution is 5.27. The summed E-state index contributed by atoms with van der Waals surface area (Å²) in [4.78, 5) is 0. The number of hydrogen-bond donors (Lipinski definition) is 3. The molecule has 3 N–H and O–H groups in total. The zero-order valence-electron chi connectivity index (χ0n) is 13.2. The number of aromatic hydroxyl groups is 1. The summed E-state index contributed by atoms with van der Waals surface area (Å²) in [6, 6.07) is 17.4. The van der Waals surface area contributed by atoms with Gasteiger partial charge in [0.1, 0.15) is 5.75 Å². The molecule has 2 aromatic rings. The molecule has 2 rings (SSSR count). The second kappa shape index (κ2) is 7.97. The SMILES string of the molecule is C[C@@H](CCc1ccccc1)N[C@H](C)[C@@H](O)c1ccc(O)cc1. The highest BCUT2D eigenvalue weighted by atomic mass is 16.3. The Morgan fingerprint density at radius 2 is 1.59 bits per heavy atom. The van der Waals surface area contributed by atoms with Gasteiger partial charge in [-0.2, -0.15) is 0 Å². The number of phenolic OH excluding ortho intramolecular Hbond substituents is 1. The number of aliphatic hydroxyl groups excluding tert-OH is 1. The van der Waals surface area contributed by atoms with Crippen molar-refractivity contribution in [1.82, 2.24) is 5.32 Å². The quantitative estimate of drug-likeness (QED) is 0.734. The average Bonchev–Trinajstić information content (AvgIpc) is 2.54. The molecule has 3 heteroatoms. The third-order valence-electron chi connectivity index (χ3n) is 3.96. The molecule has 0 bridgehead atoms. The molecule has 22 heavy (non-hydrogen) atoms. The fourth-order valence-corrected chi connectivity index (χ4v) is 2.61. The lowest BCUT2D eigenvalue weighted by atomic mass is 10.0. The molecule has 0 aliphatic rings. The summed E-state index contributed by atoms with van der Waals surface area (Å²) in [7, 11) is 0. The molecular weight excluding hydrogens is 274 g/mol. The van der Waals surface area contributed by atoms with Crippen molar-refractivity contribution in [3.05, 3.63) is 65.7 Å². The van der Waals surface area contributed by atoms with Gasteiger partial charge in [0.15, 0.2) is 0 Å². The van der Waals surface area contributed by atoms with Gasteiger partial charge in [-0.25, -0.2) is 0 Å². The third-order valence-corrected chi connectivity index (χ3v) is 3.96. The number of nitrogens with one attached hydrogen (secondary N) is 1. The summed E-state index contributed by atoms with van der Waals surface area (Å²) in [5, 5.41) is 23.1. The molecule has 0 saturated carbocycles. The van der Waals surface area contributed by atoms with Gasteiger partial charge in [0.05, 0.1) is 6.10 Å². The Labute approximate surface area is 132 Å². The van der Waals surface area contributed by atoms with Crippen molar-refractivity contribution in [2.24, 2.45) is 0 Å². The van der Waals surface area contributed by atoms with E-state index in [-0.39, 0.29) is 11.8 Å². The summed E-state index contributed by atoms with van der Waals surface area (Å²) in [5.74, 6) is 0.216. The fourth-order valence-electron chi connectivity index (χ4n) is 2.61. The molecule has 3 nitrogen and oxygen atoms in total. The van der Waals surface area contributed by atoms with Crippen LogP contribution in [0.5, 0.6) is 5.75 Å². The van der Waals surface area contributed by atoms with Crippen molar-refractivity contribution in [3.8, 4) is 5.75 Å². The zero-order chi connectivity index (χ0) is 15.9. The molecule has 0 aliphatic carbocycles. The molecule has 0 aromatic heterocycles. The Morgan fingerprint density at radius 3 is 2.23 bits per heavy atom. The predicted molar refractivity (Wildman–Crippen MR) is 89.9 cm³/mol. The van der Waals surface area contributed by atoms with Crippen LogP contribution in [0.15, 0.2) is 54.6 Å². The minimum absolute atomic E-state index is 0.0460. The molecule has 0 spiro atoms. The summed E-state index contributed by atoms with van der Waals surface area (Å²) in [6.07, 6.45) is 1.47. The van der Waals surface area contributed by atoms with Crippen LogP contribution in [0.2, 0.25) is 0 Å². The number of benzene rings is 2. The summed E-state index contributed by atoms with van der Waals surface area (Å²) in [5.41, 5.74) is 2.15. The van der Waals surface area contributed by atoms with Gasteiger partial charge in [0.2, 0.25) is 0 Å². The largest absolute Gasteiger partial charge is 0.508 e. The first-order valence-corrected chi connectivity index (χ1v) is 7.83. The molecule has 0 radical (unpaired) electrons. The molecule has 0 amide bonds. The first-order valence-electron chi connectivity index (χ1n) is 7.83. The molecule has 3 atom stereocenters. The van der Waals surface area contributed by atoms with Crippen LogP contribution in [-0.2, 0) is 6.42 Å². The van der Waals surface area contributed by atoms with Gasteiger partial charge in [-0.1, -0.05) is 42.5 Å². The molecule has 0 saturated heterocycles. The Bertz CT molecular complexity index is 553. The lowest BCUT2D eigenvalue weighted by Gasteiger charge is -2.25. The van der Waals surface area contributed by atoms with Gasteiger partial charge in [-0.15, -0.1) is 0 Å². The second-order valence-electron chi connectivity index (χ2n) is 5.92. The number of rotatable bonds is 7. The van der Waals surface area contributed by atoms with Crippen LogP contribution in [-0.4, -0.2) is 22.3 Å². The van der Waals surface area contributed by atoms with Crippen molar-refractivity contribution >= 4 is 0 Å². The highest BCUT2D eigenvalue weighted by Crippen LogP contribution is 2.20. The van der Waals surface area contributed by atoms with Crippen molar-refractivity contribution in [2.75, 3.05) is 0 Å². The van der Waals surface area contributed by atoms with Gasteiger partial charge in [-0.3, -0.25) is 0 Å². The van der Waals surface area contributed by atoms with E-state index in [0.29, 0.717) is 6.04 Å². The maximum absolute atomic E-state index is 10.4. The first-order chi connectivity index (χ1) is 10.6. The monoisotopic (exact) mass is 299 g/mol. The Hall–Kier alpha value is -1.84. The maximum atomic E-state index is 10.4. The molecular formula is C19H25NO2. The number of aryl methyl sites for hydroxylation is 1. The zero-order valence-corrected chi connectivity index (χ0v) is 13.2. The molecule has 2 aromatic carbocycles. The Morgan fingerprint density at radius 1 is 0.955 bits per heavy atom. The molecule has 0 fully saturated rings. The normalized spacial score (nSPS) is 15.2. The van der Waals surface area contributed by atoms with Crippen molar-refractivity contribution in [2.45, 2.75) is 44.9 Å². The van der Waals surface area contributed by atoms with E-state index in [1.807, 2.05) is 13.0 Å². The van der Waals surface area contributed by atoms with Crippen LogP contribution in [0.25, 0.3) is 0 Å². The van der Waals surface area contributed by atoms with Crippen LogP contribution in [0.3, 0.4) is 0 Å². The molecule has 118 valence electrons. The van der Waals surface area contributed by atoms with E-state index in [1.54, 1.807) is 24.3 Å². The summed E-state index contributed by atoms with van der Waals surface area (Å²) < 4.78 is 0. The molecule has 0 aliphatic heterocycles. The van der Waals surface area contributed by atoms with Gasteiger partial charge in [0, 0.05) is 12.1 Å². The first kappa shape index (κ1) is 16.5. The van der Waals surface area contributed by atoms with Gasteiger partial charge >= 0.3 is 0 Å². The minimum atomic E-state index is -0.584. The van der Waals surface area contributed by atoms with Crippen LogP contribution in [0.4, 0.5) is 0 Å². The average molecular weight is 299 g/mol. The van der Waals surface area contributed by atoms with Crippen LogP contribution in [0, 0.1) is 0 Å². The number of phenols is 1. The number of hydrogen-bond acceptors (Lipinski definition) is 3. The summed E-state index contributed by atoms with van der Waals surface area (Å²) in [6.45, 7) is 4.12. The van der Waals surface area contributed by atoms with Crippen LogP contribution >= 0.6 is 0 Å². The van der Waals surface area contributed by atoms with E-state index in [0.717, 1.165) is 18.4 Å². The lowest BCUT2D eigenvalue weighted by molar-refractivity contribution is 0.129. The van der Waals surface area contributed by atoms with Crippen molar-refractivity contribution in [3.63, 3.8) is 0 Å². The van der Waals surface area contributed by atoms with E-state index < -0.39 is 6.10 Å². The highest BCUT2D eigenvalue weighted by Gasteiger charge is 2.18. The van der Waals surface area contributed by atoms with E-state index in [9.17, 15) is 10.2 Å². The molecule has 0 heterocycles. The third kappa shape index (κ3) is 4.86.